The zero-order chi connectivity index (χ0) is 21.8. The largest absolute Gasteiger partial charge is 0.497 e. The summed E-state index contributed by atoms with van der Waals surface area (Å²) in [4.78, 5) is 12.2. The second-order valence-corrected chi connectivity index (χ2v) is 8.41. The highest BCUT2D eigenvalue weighted by Crippen LogP contribution is 2.32. The first kappa shape index (κ1) is 22.7. The zero-order valence-electron chi connectivity index (χ0n) is 15.6. The number of hydrogen-bond acceptors (Lipinski definition) is 4. The number of halogens is 4. The summed E-state index contributed by atoms with van der Waals surface area (Å²) in [6.07, 6.45) is -4.79. The summed E-state index contributed by atoms with van der Waals surface area (Å²) in [5.74, 6) is -2.86. The van der Waals surface area contributed by atoms with Crippen LogP contribution in [0.1, 0.15) is 18.1 Å². The maximum Gasteiger partial charge on any atom is 0.416 e. The van der Waals surface area contributed by atoms with E-state index in [1.165, 1.54) is 38.3 Å². The van der Waals surface area contributed by atoms with Gasteiger partial charge in [-0.05, 0) is 42.0 Å². The van der Waals surface area contributed by atoms with Gasteiger partial charge in [0.15, 0.2) is 9.84 Å². The van der Waals surface area contributed by atoms with Gasteiger partial charge in [-0.1, -0.05) is 13.0 Å². The fourth-order valence-electron chi connectivity index (χ4n) is 2.61. The molecule has 0 aliphatic heterocycles. The second kappa shape index (κ2) is 8.81. The summed E-state index contributed by atoms with van der Waals surface area (Å²) < 4.78 is 82.0. The van der Waals surface area contributed by atoms with Crippen molar-refractivity contribution >= 4 is 15.7 Å². The fraction of sp³-hybridized carbons (Fsp3) is 0.316. The Kier molecular flexibility index (Phi) is 6.89. The van der Waals surface area contributed by atoms with E-state index in [9.17, 15) is 30.8 Å². The molecule has 1 atom stereocenters. The Morgan fingerprint density at radius 2 is 1.76 bits per heavy atom. The van der Waals surface area contributed by atoms with Gasteiger partial charge in [0.25, 0.3) is 0 Å². The standard InChI is InChI=1S/C19H19F4NO4S/c1-12(11-29(26,27)16-7-5-15(28-2)6-8-16)18(25)24-10-13-3-4-14(20)9-17(13)19(21,22)23/h3-9,12H,10-11H2,1-2H3,(H,24,25). The highest BCUT2D eigenvalue weighted by molar-refractivity contribution is 7.91. The molecule has 2 aromatic carbocycles. The third kappa shape index (κ3) is 5.93. The predicted octanol–water partition coefficient (Wildman–Crippen LogP) is 3.58. The van der Waals surface area contributed by atoms with Gasteiger partial charge in [0.05, 0.1) is 23.3 Å². The van der Waals surface area contributed by atoms with Crippen molar-refractivity contribution in [3.8, 4) is 5.75 Å². The van der Waals surface area contributed by atoms with Gasteiger partial charge in [-0.15, -0.1) is 0 Å². The summed E-state index contributed by atoms with van der Waals surface area (Å²) in [6, 6.07) is 7.74. The van der Waals surface area contributed by atoms with Crippen molar-refractivity contribution in [1.29, 1.82) is 0 Å². The lowest BCUT2D eigenvalue weighted by molar-refractivity contribution is -0.138. The fourth-order valence-corrected chi connectivity index (χ4v) is 4.16. The Morgan fingerprint density at radius 3 is 2.31 bits per heavy atom. The van der Waals surface area contributed by atoms with Gasteiger partial charge in [-0.2, -0.15) is 13.2 Å². The van der Waals surface area contributed by atoms with Crippen LogP contribution in [0.3, 0.4) is 0 Å². The first-order valence-corrected chi connectivity index (χ1v) is 10.1. The molecule has 0 aliphatic carbocycles. The molecular weight excluding hydrogens is 414 g/mol. The van der Waals surface area contributed by atoms with Gasteiger partial charge in [-0.3, -0.25) is 4.79 Å². The van der Waals surface area contributed by atoms with E-state index < -0.39 is 51.5 Å². The predicted molar refractivity (Wildman–Crippen MR) is 97.5 cm³/mol. The van der Waals surface area contributed by atoms with E-state index in [4.69, 9.17) is 4.74 Å². The number of ether oxygens (including phenoxy) is 1. The number of hydrogen-bond donors (Lipinski definition) is 1. The van der Waals surface area contributed by atoms with Crippen LogP contribution in [0.4, 0.5) is 17.6 Å². The molecule has 1 N–H and O–H groups in total. The molecule has 0 spiro atoms. The average molecular weight is 433 g/mol. The molecule has 0 saturated heterocycles. The minimum absolute atomic E-state index is 0.00385. The Balaban J connectivity index is 2.06. The van der Waals surface area contributed by atoms with Gasteiger partial charge in [0.1, 0.15) is 11.6 Å². The lowest BCUT2D eigenvalue weighted by Gasteiger charge is -2.16. The first-order chi connectivity index (χ1) is 13.4. The Hall–Kier alpha value is -2.62. The smallest absolute Gasteiger partial charge is 0.416 e. The number of carbonyl (C=O) groups is 1. The number of carbonyl (C=O) groups excluding carboxylic acids is 1. The Morgan fingerprint density at radius 1 is 1.14 bits per heavy atom. The van der Waals surface area contributed by atoms with E-state index in [0.29, 0.717) is 11.8 Å². The molecule has 5 nitrogen and oxygen atoms in total. The molecular formula is C19H19F4NO4S. The molecule has 0 fully saturated rings. The van der Waals surface area contributed by atoms with Crippen molar-refractivity contribution in [2.45, 2.75) is 24.5 Å². The van der Waals surface area contributed by atoms with Crippen molar-refractivity contribution < 1.29 is 35.5 Å². The lowest BCUT2D eigenvalue weighted by atomic mass is 10.1. The van der Waals surface area contributed by atoms with Crippen LogP contribution in [0, 0.1) is 11.7 Å². The topological polar surface area (TPSA) is 72.5 Å². The molecule has 0 aliphatic rings. The molecule has 2 rings (SSSR count). The van der Waals surface area contributed by atoms with E-state index in [1.54, 1.807) is 0 Å². The van der Waals surface area contributed by atoms with Gasteiger partial charge in [-0.25, -0.2) is 12.8 Å². The van der Waals surface area contributed by atoms with E-state index in [1.807, 2.05) is 0 Å². The molecule has 158 valence electrons. The van der Waals surface area contributed by atoms with Crippen molar-refractivity contribution in [3.63, 3.8) is 0 Å². The molecule has 0 radical (unpaired) electrons. The van der Waals surface area contributed by atoms with Crippen LogP contribution in [-0.2, 0) is 27.4 Å². The molecule has 1 unspecified atom stereocenters. The van der Waals surface area contributed by atoms with Gasteiger partial charge >= 0.3 is 6.18 Å². The number of sulfone groups is 1. The SMILES string of the molecule is COc1ccc(S(=O)(=O)CC(C)C(=O)NCc2ccc(F)cc2C(F)(F)F)cc1. The van der Waals surface area contributed by atoms with Crippen LogP contribution in [-0.4, -0.2) is 27.2 Å². The monoisotopic (exact) mass is 433 g/mol. The third-order valence-electron chi connectivity index (χ3n) is 4.17. The van der Waals surface area contributed by atoms with Crippen LogP contribution in [0.5, 0.6) is 5.75 Å². The molecule has 0 aromatic heterocycles. The summed E-state index contributed by atoms with van der Waals surface area (Å²) in [7, 11) is -2.36. The van der Waals surface area contributed by atoms with Gasteiger partial charge in [0, 0.05) is 12.5 Å². The minimum Gasteiger partial charge on any atom is -0.497 e. The van der Waals surface area contributed by atoms with Crippen molar-refractivity contribution in [3.05, 3.63) is 59.4 Å². The van der Waals surface area contributed by atoms with Crippen LogP contribution >= 0.6 is 0 Å². The summed E-state index contributed by atoms with van der Waals surface area (Å²) in [5, 5.41) is 2.28. The van der Waals surface area contributed by atoms with E-state index in [2.05, 4.69) is 5.32 Å². The minimum atomic E-state index is -4.79. The molecule has 0 bridgehead atoms. The normalized spacial score (nSPS) is 13.0. The second-order valence-electron chi connectivity index (χ2n) is 6.38. The molecule has 29 heavy (non-hydrogen) atoms. The van der Waals surface area contributed by atoms with Crippen molar-refractivity contribution in [2.75, 3.05) is 12.9 Å². The molecule has 0 saturated carbocycles. The summed E-state index contributed by atoms with van der Waals surface area (Å²) in [5.41, 5.74) is -1.52. The maximum absolute atomic E-state index is 13.1. The quantitative estimate of drug-likeness (QED) is 0.678. The summed E-state index contributed by atoms with van der Waals surface area (Å²) in [6.45, 7) is 0.840. The number of rotatable bonds is 7. The number of methoxy groups -OCH3 is 1. The molecule has 10 heteroatoms. The maximum atomic E-state index is 13.1. The third-order valence-corrected chi connectivity index (χ3v) is 6.10. The molecule has 2 aromatic rings. The lowest BCUT2D eigenvalue weighted by Crippen LogP contribution is -2.33. The van der Waals surface area contributed by atoms with Gasteiger partial charge < -0.3 is 10.1 Å². The zero-order valence-corrected chi connectivity index (χ0v) is 16.4. The van der Waals surface area contributed by atoms with E-state index in [-0.39, 0.29) is 10.5 Å². The average Bonchev–Trinajstić information content (AvgIpc) is 2.65. The Bertz CT molecular complexity index is 973. The van der Waals surface area contributed by atoms with E-state index >= 15 is 0 Å². The highest BCUT2D eigenvalue weighted by atomic mass is 32.2. The Labute approximate surface area is 165 Å². The number of nitrogens with one attached hydrogen (secondary N) is 1. The van der Waals surface area contributed by atoms with Crippen molar-refractivity contribution in [1.82, 2.24) is 5.32 Å². The van der Waals surface area contributed by atoms with E-state index in [0.717, 1.165) is 12.1 Å². The molecule has 0 heterocycles. The van der Waals surface area contributed by atoms with Crippen LogP contribution in [0.25, 0.3) is 0 Å². The van der Waals surface area contributed by atoms with Crippen LogP contribution in [0.2, 0.25) is 0 Å². The summed E-state index contributed by atoms with van der Waals surface area (Å²) >= 11 is 0. The number of alkyl halides is 3. The van der Waals surface area contributed by atoms with Crippen molar-refractivity contribution in [2.24, 2.45) is 5.92 Å². The molecule has 1 amide bonds. The number of amides is 1. The van der Waals surface area contributed by atoms with Crippen LogP contribution < -0.4 is 10.1 Å². The number of benzene rings is 2. The first-order valence-electron chi connectivity index (χ1n) is 8.44. The highest BCUT2D eigenvalue weighted by Gasteiger charge is 2.34. The van der Waals surface area contributed by atoms with Crippen LogP contribution in [0.15, 0.2) is 47.4 Å². The van der Waals surface area contributed by atoms with Gasteiger partial charge in [0.2, 0.25) is 5.91 Å².